The summed E-state index contributed by atoms with van der Waals surface area (Å²) in [5.41, 5.74) is 0.168. The number of para-hydroxylation sites is 1. The fourth-order valence-corrected chi connectivity index (χ4v) is 3.85. The molecule has 11 heteroatoms. The van der Waals surface area contributed by atoms with E-state index in [4.69, 9.17) is 4.74 Å². The van der Waals surface area contributed by atoms with Gasteiger partial charge in [-0.1, -0.05) is 12.1 Å². The molecule has 0 atom stereocenters. The van der Waals surface area contributed by atoms with Gasteiger partial charge in [0.15, 0.2) is 5.82 Å². The van der Waals surface area contributed by atoms with Crippen molar-refractivity contribution in [2.45, 2.75) is 31.9 Å². The third-order valence-corrected chi connectivity index (χ3v) is 5.41. The highest BCUT2D eigenvalue weighted by Gasteiger charge is 2.36. The summed E-state index contributed by atoms with van der Waals surface area (Å²) >= 11 is 0. The van der Waals surface area contributed by atoms with E-state index in [9.17, 15) is 26.3 Å². The number of methoxy groups -OCH3 is 1. The molecule has 0 radical (unpaired) electrons. The Morgan fingerprint density at radius 1 is 0.941 bits per heavy atom. The quantitative estimate of drug-likeness (QED) is 0.455. The average molecular weight is 482 g/mol. The third kappa shape index (κ3) is 5.09. The van der Waals surface area contributed by atoms with Crippen LogP contribution in [-0.2, 0) is 36.7 Å². The largest absolute Gasteiger partial charge is 0.418 e. The second kappa shape index (κ2) is 9.13. The first-order chi connectivity index (χ1) is 16.1. The molecule has 5 nitrogen and oxygen atoms in total. The van der Waals surface area contributed by atoms with Crippen molar-refractivity contribution in [3.63, 3.8) is 0 Å². The minimum atomic E-state index is -4.50. The molecule has 1 aliphatic heterocycles. The fourth-order valence-electron chi connectivity index (χ4n) is 3.85. The molecule has 34 heavy (non-hydrogen) atoms. The van der Waals surface area contributed by atoms with E-state index in [1.54, 1.807) is 11.0 Å². The highest BCUT2D eigenvalue weighted by atomic mass is 19.4. The lowest BCUT2D eigenvalue weighted by Gasteiger charge is -2.32. The molecular weight excluding hydrogens is 462 g/mol. The number of ether oxygens (including phenoxy) is 1. The number of fused-ring (bicyclic) bond motifs is 1. The van der Waals surface area contributed by atoms with E-state index < -0.39 is 23.5 Å². The highest BCUT2D eigenvalue weighted by molar-refractivity contribution is 5.63. The van der Waals surface area contributed by atoms with Crippen LogP contribution in [0.1, 0.15) is 28.2 Å². The van der Waals surface area contributed by atoms with E-state index in [0.717, 1.165) is 18.2 Å². The second-order valence-corrected chi connectivity index (χ2v) is 7.73. The number of anilines is 3. The van der Waals surface area contributed by atoms with Crippen molar-refractivity contribution in [1.82, 2.24) is 9.97 Å². The molecule has 0 amide bonds. The van der Waals surface area contributed by atoms with E-state index in [1.807, 2.05) is 0 Å². The Morgan fingerprint density at radius 3 is 2.29 bits per heavy atom. The number of nitrogens with one attached hydrogen (secondary N) is 1. The van der Waals surface area contributed by atoms with E-state index in [0.29, 0.717) is 35.0 Å². The van der Waals surface area contributed by atoms with E-state index >= 15 is 0 Å². The van der Waals surface area contributed by atoms with Gasteiger partial charge in [0.1, 0.15) is 12.4 Å². The van der Waals surface area contributed by atoms with Crippen LogP contribution in [0.25, 0.3) is 0 Å². The van der Waals surface area contributed by atoms with Crippen LogP contribution in [0.4, 0.5) is 43.5 Å². The van der Waals surface area contributed by atoms with Gasteiger partial charge in [-0.05, 0) is 42.8 Å². The van der Waals surface area contributed by atoms with Crippen LogP contribution in [0.5, 0.6) is 0 Å². The monoisotopic (exact) mass is 482 g/mol. The van der Waals surface area contributed by atoms with Crippen molar-refractivity contribution in [3.05, 3.63) is 76.7 Å². The maximum absolute atomic E-state index is 13.5. The summed E-state index contributed by atoms with van der Waals surface area (Å²) in [6.45, 7) is 0.465. The van der Waals surface area contributed by atoms with Crippen molar-refractivity contribution >= 4 is 17.2 Å². The van der Waals surface area contributed by atoms with Gasteiger partial charge in [-0.2, -0.15) is 26.3 Å². The first-order valence-corrected chi connectivity index (χ1v) is 10.3. The predicted molar refractivity (Wildman–Crippen MR) is 114 cm³/mol. The zero-order chi connectivity index (χ0) is 24.5. The number of aromatic nitrogens is 2. The maximum Gasteiger partial charge on any atom is 0.418 e. The topological polar surface area (TPSA) is 50.3 Å². The molecule has 3 aromatic rings. The summed E-state index contributed by atoms with van der Waals surface area (Å²) in [4.78, 5) is 10.5. The molecule has 0 saturated heterocycles. The number of rotatable bonds is 5. The smallest absolute Gasteiger partial charge is 0.377 e. The molecule has 2 aromatic carbocycles. The Bertz CT molecular complexity index is 1160. The number of hydrogen-bond donors (Lipinski definition) is 1. The summed E-state index contributed by atoms with van der Waals surface area (Å²) in [6, 6.07) is 9.86. The number of benzene rings is 2. The van der Waals surface area contributed by atoms with E-state index in [1.165, 1.54) is 31.4 Å². The van der Waals surface area contributed by atoms with Gasteiger partial charge in [0.25, 0.3) is 0 Å². The first kappa shape index (κ1) is 23.8. The van der Waals surface area contributed by atoms with Crippen molar-refractivity contribution in [1.29, 1.82) is 0 Å². The molecule has 1 aromatic heterocycles. The second-order valence-electron chi connectivity index (χ2n) is 7.73. The maximum atomic E-state index is 13.5. The van der Waals surface area contributed by atoms with Crippen molar-refractivity contribution in [3.8, 4) is 0 Å². The van der Waals surface area contributed by atoms with Gasteiger partial charge in [0.2, 0.25) is 0 Å². The fraction of sp³-hybridized carbons (Fsp3) is 0.304. The molecule has 0 saturated carbocycles. The number of alkyl halides is 6. The van der Waals surface area contributed by atoms with E-state index in [-0.39, 0.29) is 25.4 Å². The van der Waals surface area contributed by atoms with Gasteiger partial charge in [0, 0.05) is 30.6 Å². The van der Waals surface area contributed by atoms with Crippen LogP contribution in [0.3, 0.4) is 0 Å². The summed E-state index contributed by atoms with van der Waals surface area (Å²) in [5, 5.41) is 3.03. The van der Waals surface area contributed by atoms with Gasteiger partial charge < -0.3 is 15.0 Å². The van der Waals surface area contributed by atoms with Crippen LogP contribution >= 0.6 is 0 Å². The van der Waals surface area contributed by atoms with Gasteiger partial charge in [-0.25, -0.2) is 9.97 Å². The lowest BCUT2D eigenvalue weighted by atomic mass is 10.0. The van der Waals surface area contributed by atoms with Crippen LogP contribution in [0.2, 0.25) is 0 Å². The predicted octanol–water partition coefficient (Wildman–Crippen LogP) is 5.97. The number of nitrogens with zero attached hydrogens (tertiary/aromatic N) is 3. The Balaban J connectivity index is 1.66. The van der Waals surface area contributed by atoms with Crippen LogP contribution < -0.4 is 10.2 Å². The minimum Gasteiger partial charge on any atom is -0.377 e. The van der Waals surface area contributed by atoms with Crippen LogP contribution in [-0.4, -0.2) is 23.6 Å². The molecule has 0 unspecified atom stereocenters. The lowest BCUT2D eigenvalue weighted by Crippen LogP contribution is -2.33. The van der Waals surface area contributed by atoms with Gasteiger partial charge >= 0.3 is 12.4 Å². The normalized spacial score (nSPS) is 14.1. The molecule has 1 aliphatic rings. The highest BCUT2D eigenvalue weighted by Crippen LogP contribution is 2.38. The Kier molecular flexibility index (Phi) is 6.39. The number of halogens is 6. The number of hydrogen-bond acceptors (Lipinski definition) is 5. The molecule has 0 spiro atoms. The third-order valence-electron chi connectivity index (χ3n) is 5.41. The standard InChI is InChI=1S/C23H20F6N4O/c1-34-13-20-31-18-12-33(19-5-3-2-4-17(19)23(27,28)29)11-10-16(18)21(32-20)30-15-8-6-14(7-9-15)22(24,25)26/h2-9H,10-13H2,1H3,(H,30,31,32). The van der Waals surface area contributed by atoms with Crippen LogP contribution in [0.15, 0.2) is 48.5 Å². The van der Waals surface area contributed by atoms with E-state index in [2.05, 4.69) is 15.3 Å². The Labute approximate surface area is 191 Å². The summed E-state index contributed by atoms with van der Waals surface area (Å²) in [6.07, 6.45) is -8.61. The molecule has 4 rings (SSSR count). The molecule has 2 heterocycles. The zero-order valence-electron chi connectivity index (χ0n) is 18.0. The summed E-state index contributed by atoms with van der Waals surface area (Å²) < 4.78 is 84.3. The summed E-state index contributed by atoms with van der Waals surface area (Å²) in [5.74, 6) is 0.696. The zero-order valence-corrected chi connectivity index (χ0v) is 18.0. The van der Waals surface area contributed by atoms with Gasteiger partial charge in [0.05, 0.1) is 23.4 Å². The first-order valence-electron chi connectivity index (χ1n) is 10.3. The van der Waals surface area contributed by atoms with Gasteiger partial charge in [-0.3, -0.25) is 0 Å². The van der Waals surface area contributed by atoms with Crippen molar-refractivity contribution in [2.24, 2.45) is 0 Å². The van der Waals surface area contributed by atoms with Crippen LogP contribution in [0, 0.1) is 0 Å². The summed E-state index contributed by atoms with van der Waals surface area (Å²) in [7, 11) is 1.46. The molecule has 0 bridgehead atoms. The van der Waals surface area contributed by atoms with Gasteiger partial charge in [-0.15, -0.1) is 0 Å². The molecule has 0 fully saturated rings. The molecule has 1 N–H and O–H groups in total. The molecular formula is C23H20F6N4O. The molecule has 0 aliphatic carbocycles. The lowest BCUT2D eigenvalue weighted by molar-refractivity contribution is -0.138. The average Bonchev–Trinajstić information content (AvgIpc) is 2.78. The van der Waals surface area contributed by atoms with Crippen molar-refractivity contribution < 1.29 is 31.1 Å². The Hall–Kier alpha value is -3.34. The minimum absolute atomic E-state index is 0.0600. The van der Waals surface area contributed by atoms with Crippen molar-refractivity contribution in [2.75, 3.05) is 23.9 Å². The Morgan fingerprint density at radius 2 is 1.65 bits per heavy atom. The SMILES string of the molecule is COCc1nc2c(c(Nc3ccc(C(F)(F)F)cc3)n1)CCN(c1ccccc1C(F)(F)F)C2. The molecule has 180 valence electrons.